The number of hydrogen-bond acceptors (Lipinski definition) is 2. The molecule has 18 heavy (non-hydrogen) atoms. The van der Waals surface area contributed by atoms with Crippen molar-refractivity contribution in [2.24, 2.45) is 0 Å². The summed E-state index contributed by atoms with van der Waals surface area (Å²) in [7, 11) is 1.69. The monoisotopic (exact) mass is 244 g/mol. The van der Waals surface area contributed by atoms with E-state index in [4.69, 9.17) is 4.74 Å². The van der Waals surface area contributed by atoms with Crippen molar-refractivity contribution in [3.8, 4) is 11.4 Å². The molecule has 0 spiro atoms. The Morgan fingerprint density at radius 3 is 2.67 bits per heavy atom. The van der Waals surface area contributed by atoms with E-state index in [0.29, 0.717) is 5.92 Å². The molecule has 1 aromatic carbocycles. The number of ether oxygens (including phenoxy) is 1. The molecule has 2 rings (SSSR count). The maximum Gasteiger partial charge on any atom is 0.121 e. The molecule has 0 bridgehead atoms. The van der Waals surface area contributed by atoms with Crippen molar-refractivity contribution in [3.05, 3.63) is 41.7 Å². The van der Waals surface area contributed by atoms with E-state index >= 15 is 0 Å². The smallest absolute Gasteiger partial charge is 0.121 e. The first-order valence-corrected chi connectivity index (χ1v) is 6.36. The highest BCUT2D eigenvalue weighted by Gasteiger charge is 2.12. The van der Waals surface area contributed by atoms with Gasteiger partial charge in [-0.1, -0.05) is 19.9 Å². The fraction of sp³-hybridized carbons (Fsp3) is 0.400. The lowest BCUT2D eigenvalue weighted by Gasteiger charge is -2.16. The van der Waals surface area contributed by atoms with Gasteiger partial charge in [-0.05, 0) is 37.0 Å². The Morgan fingerprint density at radius 1 is 1.33 bits per heavy atom. The van der Waals surface area contributed by atoms with Crippen LogP contribution in [0.25, 0.3) is 5.69 Å². The van der Waals surface area contributed by atoms with Crippen molar-refractivity contribution in [3.63, 3.8) is 0 Å². The molecule has 1 heterocycles. The topological polar surface area (TPSA) is 27.1 Å². The van der Waals surface area contributed by atoms with Crippen molar-refractivity contribution in [2.75, 3.05) is 7.11 Å². The summed E-state index contributed by atoms with van der Waals surface area (Å²) >= 11 is 0. The Bertz CT molecular complexity index is 531. The van der Waals surface area contributed by atoms with E-state index in [1.807, 2.05) is 36.0 Å². The SMILES string of the molecule is CCC(C)c1ccc(OC)cc1-n1ccc(C)n1. The second-order valence-electron chi connectivity index (χ2n) is 4.64. The Labute approximate surface area is 108 Å². The van der Waals surface area contributed by atoms with E-state index in [9.17, 15) is 0 Å². The molecule has 0 aliphatic carbocycles. The van der Waals surface area contributed by atoms with Crippen LogP contribution in [0, 0.1) is 6.92 Å². The van der Waals surface area contributed by atoms with Crippen LogP contribution < -0.4 is 4.74 Å². The largest absolute Gasteiger partial charge is 0.497 e. The number of aryl methyl sites for hydroxylation is 1. The van der Waals surface area contributed by atoms with Gasteiger partial charge in [0.2, 0.25) is 0 Å². The van der Waals surface area contributed by atoms with Gasteiger partial charge in [0.15, 0.2) is 0 Å². The Kier molecular flexibility index (Phi) is 3.70. The van der Waals surface area contributed by atoms with Gasteiger partial charge < -0.3 is 4.74 Å². The van der Waals surface area contributed by atoms with Gasteiger partial charge in [-0.3, -0.25) is 0 Å². The summed E-state index contributed by atoms with van der Waals surface area (Å²) in [5.41, 5.74) is 3.44. The molecule has 0 saturated carbocycles. The number of hydrogen-bond donors (Lipinski definition) is 0. The third kappa shape index (κ3) is 2.40. The minimum absolute atomic E-state index is 0.510. The third-order valence-electron chi connectivity index (χ3n) is 3.35. The fourth-order valence-electron chi connectivity index (χ4n) is 2.03. The van der Waals surface area contributed by atoms with Gasteiger partial charge >= 0.3 is 0 Å². The van der Waals surface area contributed by atoms with Crippen LogP contribution in [0.4, 0.5) is 0 Å². The summed E-state index contributed by atoms with van der Waals surface area (Å²) in [4.78, 5) is 0. The summed E-state index contributed by atoms with van der Waals surface area (Å²) < 4.78 is 7.24. The Morgan fingerprint density at radius 2 is 2.11 bits per heavy atom. The summed E-state index contributed by atoms with van der Waals surface area (Å²) in [6.45, 7) is 6.44. The molecule has 1 aromatic heterocycles. The number of rotatable bonds is 4. The summed E-state index contributed by atoms with van der Waals surface area (Å²) in [5.74, 6) is 1.38. The molecule has 2 aromatic rings. The molecule has 96 valence electrons. The summed E-state index contributed by atoms with van der Waals surface area (Å²) in [6.07, 6.45) is 3.11. The molecular formula is C15H20N2O. The van der Waals surface area contributed by atoms with Gasteiger partial charge in [0.25, 0.3) is 0 Å². The first-order valence-electron chi connectivity index (χ1n) is 6.36. The molecular weight excluding hydrogens is 224 g/mol. The average molecular weight is 244 g/mol. The lowest BCUT2D eigenvalue weighted by Crippen LogP contribution is -2.04. The predicted molar refractivity (Wildman–Crippen MR) is 73.6 cm³/mol. The van der Waals surface area contributed by atoms with E-state index in [1.54, 1.807) is 7.11 Å². The van der Waals surface area contributed by atoms with E-state index in [0.717, 1.165) is 23.6 Å². The van der Waals surface area contributed by atoms with Crippen molar-refractivity contribution in [2.45, 2.75) is 33.1 Å². The minimum atomic E-state index is 0.510. The van der Waals surface area contributed by atoms with Crippen molar-refractivity contribution in [1.82, 2.24) is 9.78 Å². The summed E-state index contributed by atoms with van der Waals surface area (Å²) in [6, 6.07) is 8.22. The van der Waals surface area contributed by atoms with E-state index < -0.39 is 0 Å². The third-order valence-corrected chi connectivity index (χ3v) is 3.35. The molecule has 0 saturated heterocycles. The van der Waals surface area contributed by atoms with E-state index in [-0.39, 0.29) is 0 Å². The molecule has 3 heteroatoms. The van der Waals surface area contributed by atoms with Crippen molar-refractivity contribution in [1.29, 1.82) is 0 Å². The van der Waals surface area contributed by atoms with E-state index in [2.05, 4.69) is 25.0 Å². The zero-order valence-corrected chi connectivity index (χ0v) is 11.5. The van der Waals surface area contributed by atoms with E-state index in [1.165, 1.54) is 5.56 Å². The molecule has 0 amide bonds. The van der Waals surface area contributed by atoms with Crippen LogP contribution >= 0.6 is 0 Å². The van der Waals surface area contributed by atoms with Crippen LogP contribution in [0.2, 0.25) is 0 Å². The number of nitrogens with zero attached hydrogens (tertiary/aromatic N) is 2. The van der Waals surface area contributed by atoms with Crippen molar-refractivity contribution < 1.29 is 4.74 Å². The fourth-order valence-corrected chi connectivity index (χ4v) is 2.03. The lowest BCUT2D eigenvalue weighted by molar-refractivity contribution is 0.414. The van der Waals surface area contributed by atoms with Gasteiger partial charge in [0.1, 0.15) is 5.75 Å². The highest BCUT2D eigenvalue weighted by Crippen LogP contribution is 2.28. The lowest BCUT2D eigenvalue weighted by atomic mass is 9.96. The Hall–Kier alpha value is -1.77. The van der Waals surface area contributed by atoms with Gasteiger partial charge in [-0.25, -0.2) is 4.68 Å². The summed E-state index contributed by atoms with van der Waals surface area (Å²) in [5, 5.41) is 4.49. The molecule has 0 aliphatic rings. The molecule has 1 unspecified atom stereocenters. The van der Waals surface area contributed by atoms with Gasteiger partial charge in [-0.2, -0.15) is 5.10 Å². The highest BCUT2D eigenvalue weighted by molar-refractivity contribution is 5.47. The van der Waals surface area contributed by atoms with Crippen LogP contribution in [-0.2, 0) is 0 Å². The quantitative estimate of drug-likeness (QED) is 0.820. The number of aromatic nitrogens is 2. The van der Waals surface area contributed by atoms with Gasteiger partial charge in [0.05, 0.1) is 18.5 Å². The normalized spacial score (nSPS) is 12.4. The minimum Gasteiger partial charge on any atom is -0.497 e. The zero-order chi connectivity index (χ0) is 13.1. The highest BCUT2D eigenvalue weighted by atomic mass is 16.5. The zero-order valence-electron chi connectivity index (χ0n) is 11.5. The number of methoxy groups -OCH3 is 1. The predicted octanol–water partition coefficient (Wildman–Crippen LogP) is 3.70. The van der Waals surface area contributed by atoms with Gasteiger partial charge in [-0.15, -0.1) is 0 Å². The molecule has 0 radical (unpaired) electrons. The first kappa shape index (κ1) is 12.7. The Balaban J connectivity index is 2.54. The van der Waals surface area contributed by atoms with Crippen LogP contribution in [-0.4, -0.2) is 16.9 Å². The molecule has 0 N–H and O–H groups in total. The second-order valence-corrected chi connectivity index (χ2v) is 4.64. The molecule has 1 atom stereocenters. The molecule has 3 nitrogen and oxygen atoms in total. The molecule has 0 fully saturated rings. The molecule has 0 aliphatic heterocycles. The standard InChI is InChI=1S/C15H20N2O/c1-5-11(2)14-7-6-13(18-4)10-15(14)17-9-8-12(3)16-17/h6-11H,5H2,1-4H3. The second kappa shape index (κ2) is 5.25. The van der Waals surface area contributed by atoms with Gasteiger partial charge in [0, 0.05) is 12.3 Å². The maximum atomic E-state index is 5.31. The van der Waals surface area contributed by atoms with Crippen LogP contribution in [0.5, 0.6) is 5.75 Å². The first-order chi connectivity index (χ1) is 8.65. The number of benzene rings is 1. The average Bonchev–Trinajstić information content (AvgIpc) is 2.83. The van der Waals surface area contributed by atoms with Crippen LogP contribution in [0.1, 0.15) is 37.4 Å². The maximum absolute atomic E-state index is 5.31. The van der Waals surface area contributed by atoms with Crippen molar-refractivity contribution >= 4 is 0 Å². The van der Waals surface area contributed by atoms with Crippen LogP contribution in [0.3, 0.4) is 0 Å². The van der Waals surface area contributed by atoms with Crippen LogP contribution in [0.15, 0.2) is 30.5 Å².